The Balaban J connectivity index is 2.20. The third-order valence-corrected chi connectivity index (χ3v) is 4.82. The van der Waals surface area contributed by atoms with Gasteiger partial charge in [-0.1, -0.05) is 18.2 Å². The molecule has 0 aliphatic carbocycles. The van der Waals surface area contributed by atoms with Gasteiger partial charge in [-0.3, -0.25) is 4.98 Å². The van der Waals surface area contributed by atoms with Crippen LogP contribution in [0.4, 0.5) is 0 Å². The van der Waals surface area contributed by atoms with E-state index < -0.39 is 10.8 Å². The Labute approximate surface area is 131 Å². The molecule has 0 saturated heterocycles. The summed E-state index contributed by atoms with van der Waals surface area (Å²) in [7, 11) is 1.88. The number of ether oxygens (including phenoxy) is 2. The third kappa shape index (κ3) is 2.55. The predicted octanol–water partition coefficient (Wildman–Crippen LogP) is 3.42. The van der Waals surface area contributed by atoms with Gasteiger partial charge in [0.2, 0.25) is 0 Å². The van der Waals surface area contributed by atoms with Crippen molar-refractivity contribution in [1.82, 2.24) is 4.98 Å². The van der Waals surface area contributed by atoms with Gasteiger partial charge in [0.25, 0.3) is 0 Å². The molecule has 0 N–H and O–H groups in total. The van der Waals surface area contributed by atoms with E-state index >= 15 is 0 Å². The van der Waals surface area contributed by atoms with E-state index in [1.54, 1.807) is 32.5 Å². The normalized spacial score (nSPS) is 12.1. The lowest BCUT2D eigenvalue weighted by Gasteiger charge is -2.11. The van der Waals surface area contributed by atoms with Gasteiger partial charge >= 0.3 is 0 Å². The molecule has 5 heteroatoms. The van der Waals surface area contributed by atoms with E-state index in [2.05, 4.69) is 4.98 Å². The van der Waals surface area contributed by atoms with Crippen molar-refractivity contribution in [2.24, 2.45) is 0 Å². The molecule has 1 aromatic heterocycles. The van der Waals surface area contributed by atoms with Gasteiger partial charge in [0.1, 0.15) is 0 Å². The van der Waals surface area contributed by atoms with E-state index in [-0.39, 0.29) is 0 Å². The average molecular weight is 313 g/mol. The molecular weight excluding hydrogens is 298 g/mol. The first-order valence-corrected chi connectivity index (χ1v) is 7.87. The van der Waals surface area contributed by atoms with Gasteiger partial charge in [-0.05, 0) is 24.3 Å². The zero-order valence-electron chi connectivity index (χ0n) is 12.3. The Morgan fingerprint density at radius 2 is 1.64 bits per heavy atom. The molecule has 0 bridgehead atoms. The van der Waals surface area contributed by atoms with Crippen molar-refractivity contribution >= 4 is 21.7 Å². The average Bonchev–Trinajstić information content (AvgIpc) is 2.60. The van der Waals surface area contributed by atoms with Crippen LogP contribution in [0.3, 0.4) is 0 Å². The molecule has 4 nitrogen and oxygen atoms in total. The molecule has 3 aromatic rings. The summed E-state index contributed by atoms with van der Waals surface area (Å²) in [6, 6.07) is 14.7. The Hall–Kier alpha value is -2.40. The van der Waals surface area contributed by atoms with E-state index in [1.165, 1.54) is 0 Å². The number of benzene rings is 2. The zero-order chi connectivity index (χ0) is 15.5. The van der Waals surface area contributed by atoms with E-state index in [9.17, 15) is 4.21 Å². The van der Waals surface area contributed by atoms with Gasteiger partial charge in [0, 0.05) is 22.5 Å². The van der Waals surface area contributed by atoms with Crippen LogP contribution in [-0.4, -0.2) is 23.4 Å². The lowest BCUT2D eigenvalue weighted by atomic mass is 10.2. The minimum absolute atomic E-state index is 0.592. The number of nitrogens with zero attached hydrogens (tertiary/aromatic N) is 1. The van der Waals surface area contributed by atoms with Crippen molar-refractivity contribution in [3.8, 4) is 11.5 Å². The lowest BCUT2D eigenvalue weighted by Crippen LogP contribution is -1.97. The fourth-order valence-corrected chi connectivity index (χ4v) is 3.49. The predicted molar refractivity (Wildman–Crippen MR) is 86.0 cm³/mol. The molecule has 0 saturated carbocycles. The molecule has 0 aliphatic rings. The maximum Gasteiger partial charge on any atom is 0.162 e. The van der Waals surface area contributed by atoms with Gasteiger partial charge in [-0.25, -0.2) is 4.21 Å². The molecule has 0 amide bonds. The van der Waals surface area contributed by atoms with E-state index in [0.29, 0.717) is 16.4 Å². The van der Waals surface area contributed by atoms with Crippen molar-refractivity contribution in [1.29, 1.82) is 0 Å². The Kier molecular flexibility index (Phi) is 4.06. The molecular formula is C17H15NO3S. The third-order valence-electron chi connectivity index (χ3n) is 3.36. The second kappa shape index (κ2) is 6.15. The van der Waals surface area contributed by atoms with Crippen LogP contribution >= 0.6 is 0 Å². The van der Waals surface area contributed by atoms with Crippen LogP contribution < -0.4 is 9.47 Å². The number of aromatic nitrogens is 1. The number of methoxy groups -OCH3 is 2. The van der Waals surface area contributed by atoms with Gasteiger partial charge in [-0.2, -0.15) is 0 Å². The SMILES string of the molecule is COc1cc2nccc([S@](=O)c3ccccc3)c2cc1OC. The van der Waals surface area contributed by atoms with Crippen LogP contribution in [0.5, 0.6) is 11.5 Å². The largest absolute Gasteiger partial charge is 0.493 e. The first-order valence-electron chi connectivity index (χ1n) is 6.72. The van der Waals surface area contributed by atoms with Crippen LogP contribution in [0.15, 0.2) is 64.5 Å². The number of rotatable bonds is 4. The Morgan fingerprint density at radius 1 is 0.955 bits per heavy atom. The topological polar surface area (TPSA) is 48.4 Å². The van der Waals surface area contributed by atoms with Crippen LogP contribution in [0, 0.1) is 0 Å². The molecule has 3 rings (SSSR count). The molecule has 0 spiro atoms. The van der Waals surface area contributed by atoms with E-state index in [0.717, 1.165) is 15.8 Å². The maximum absolute atomic E-state index is 12.8. The minimum atomic E-state index is -1.28. The number of hydrogen-bond acceptors (Lipinski definition) is 4. The van der Waals surface area contributed by atoms with Crippen molar-refractivity contribution in [2.75, 3.05) is 14.2 Å². The van der Waals surface area contributed by atoms with Crippen LogP contribution in [0.1, 0.15) is 0 Å². The highest BCUT2D eigenvalue weighted by molar-refractivity contribution is 7.85. The summed E-state index contributed by atoms with van der Waals surface area (Å²) >= 11 is 0. The standard InChI is InChI=1S/C17H15NO3S/c1-20-15-10-13-14(11-16(15)21-2)18-9-8-17(13)22(19)12-6-4-3-5-7-12/h3-11H,1-2H3/t22-/m1/s1. The quantitative estimate of drug-likeness (QED) is 0.740. The fraction of sp³-hybridized carbons (Fsp3) is 0.118. The van der Waals surface area contributed by atoms with E-state index in [4.69, 9.17) is 9.47 Å². The van der Waals surface area contributed by atoms with Crippen molar-refractivity contribution < 1.29 is 13.7 Å². The van der Waals surface area contributed by atoms with Crippen LogP contribution in [0.25, 0.3) is 10.9 Å². The summed E-state index contributed by atoms with van der Waals surface area (Å²) in [6.07, 6.45) is 1.66. The lowest BCUT2D eigenvalue weighted by molar-refractivity contribution is 0.355. The summed E-state index contributed by atoms with van der Waals surface area (Å²) < 4.78 is 23.4. The summed E-state index contributed by atoms with van der Waals surface area (Å²) in [5.41, 5.74) is 0.722. The van der Waals surface area contributed by atoms with Gasteiger partial charge in [-0.15, -0.1) is 0 Å². The maximum atomic E-state index is 12.8. The second-order valence-electron chi connectivity index (χ2n) is 4.62. The highest BCUT2D eigenvalue weighted by Crippen LogP contribution is 2.34. The summed E-state index contributed by atoms with van der Waals surface area (Å²) in [5, 5.41) is 0.794. The zero-order valence-corrected chi connectivity index (χ0v) is 13.1. The van der Waals surface area contributed by atoms with Gasteiger partial charge in [0.05, 0.1) is 35.4 Å². The Morgan fingerprint density at radius 3 is 2.32 bits per heavy atom. The fourth-order valence-electron chi connectivity index (χ4n) is 2.28. The van der Waals surface area contributed by atoms with Gasteiger partial charge in [0.15, 0.2) is 11.5 Å². The smallest absolute Gasteiger partial charge is 0.162 e. The molecule has 0 aliphatic heterocycles. The van der Waals surface area contributed by atoms with Crippen LogP contribution in [-0.2, 0) is 10.8 Å². The number of pyridine rings is 1. The molecule has 1 atom stereocenters. The number of hydrogen-bond donors (Lipinski definition) is 0. The first kappa shape index (κ1) is 14.5. The highest BCUT2D eigenvalue weighted by Gasteiger charge is 2.14. The first-order chi connectivity index (χ1) is 10.7. The van der Waals surface area contributed by atoms with Gasteiger partial charge < -0.3 is 9.47 Å². The molecule has 0 unspecified atom stereocenters. The van der Waals surface area contributed by atoms with Crippen molar-refractivity contribution in [2.45, 2.75) is 9.79 Å². The minimum Gasteiger partial charge on any atom is -0.493 e. The molecule has 22 heavy (non-hydrogen) atoms. The molecule has 0 radical (unpaired) electrons. The Bertz CT molecular complexity index is 834. The summed E-state index contributed by atoms with van der Waals surface area (Å²) in [6.45, 7) is 0. The summed E-state index contributed by atoms with van der Waals surface area (Å²) in [5.74, 6) is 1.19. The van der Waals surface area contributed by atoms with Crippen LogP contribution in [0.2, 0.25) is 0 Å². The second-order valence-corrected chi connectivity index (χ2v) is 6.06. The molecule has 0 fully saturated rings. The highest BCUT2D eigenvalue weighted by atomic mass is 32.2. The monoisotopic (exact) mass is 313 g/mol. The molecule has 112 valence electrons. The summed E-state index contributed by atoms with van der Waals surface area (Å²) in [4.78, 5) is 5.79. The molecule has 2 aromatic carbocycles. The van der Waals surface area contributed by atoms with Crippen molar-refractivity contribution in [3.63, 3.8) is 0 Å². The number of fused-ring (bicyclic) bond motifs is 1. The van der Waals surface area contributed by atoms with E-state index in [1.807, 2.05) is 36.4 Å². The van der Waals surface area contributed by atoms with Crippen molar-refractivity contribution in [3.05, 3.63) is 54.7 Å². The molecule has 1 heterocycles.